The number of carboxylic acid groups (broad SMARTS) is 1. The first-order chi connectivity index (χ1) is 20.7. The second-order valence-corrected chi connectivity index (χ2v) is 12.3. The second kappa shape index (κ2) is 10.7. The topological polar surface area (TPSA) is 97.9 Å². The lowest BCUT2D eigenvalue weighted by molar-refractivity contribution is -0.274. The fourth-order valence-corrected chi connectivity index (χ4v) is 7.61. The van der Waals surface area contributed by atoms with Gasteiger partial charge < -0.3 is 24.0 Å². The summed E-state index contributed by atoms with van der Waals surface area (Å²) >= 11 is 1.49. The summed E-state index contributed by atoms with van der Waals surface area (Å²) in [5.41, 5.74) is 2.85. The maximum Gasteiger partial charge on any atom is 0.573 e. The first kappa shape index (κ1) is 27.9. The Labute approximate surface area is 248 Å². The van der Waals surface area contributed by atoms with Crippen LogP contribution in [0.3, 0.4) is 0 Å². The number of hydrogen-bond acceptors (Lipinski definition) is 8. The number of rotatable bonds is 9. The van der Waals surface area contributed by atoms with Gasteiger partial charge in [-0.25, -0.2) is 9.78 Å². The molecule has 4 heterocycles. The van der Waals surface area contributed by atoms with E-state index in [1.165, 1.54) is 23.5 Å². The molecular formula is C31H28F3N3O5S. The first-order valence-electron chi connectivity index (χ1n) is 14.2. The molecule has 43 heavy (non-hydrogen) atoms. The summed E-state index contributed by atoms with van der Waals surface area (Å²) in [5.74, 6) is -0.459. The van der Waals surface area contributed by atoms with E-state index in [2.05, 4.69) is 21.4 Å². The van der Waals surface area contributed by atoms with Gasteiger partial charge in [-0.05, 0) is 62.8 Å². The molecule has 2 bridgehead atoms. The molecule has 0 spiro atoms. The minimum absolute atomic E-state index is 0.0538. The number of para-hydroxylation sites is 1. The molecule has 2 unspecified atom stereocenters. The molecule has 1 aliphatic carbocycles. The van der Waals surface area contributed by atoms with Crippen molar-refractivity contribution in [1.29, 1.82) is 0 Å². The standard InChI is InChI=1S/C31H28F3N3O5S/c1-2-16-11-18(29(38)39)12-25-26(16)35-30(43-25)37-19-9-10-20(37)14-21(13-19)40-15-23-27(36-42-28(23)17-7-8-17)22-5-3-4-6-24(22)41-31(32,33)34/h2-6,11-12,17,19-21H,1,7-10,13-15H2,(H,38,39). The summed E-state index contributed by atoms with van der Waals surface area (Å²) < 4.78 is 56.6. The molecular weight excluding hydrogens is 583 g/mol. The number of hydrogen-bond donors (Lipinski definition) is 1. The predicted octanol–water partition coefficient (Wildman–Crippen LogP) is 7.79. The van der Waals surface area contributed by atoms with Gasteiger partial charge in [0.2, 0.25) is 0 Å². The van der Waals surface area contributed by atoms with Crippen LogP contribution in [0.1, 0.15) is 71.7 Å². The van der Waals surface area contributed by atoms with Gasteiger partial charge in [0.1, 0.15) is 17.2 Å². The van der Waals surface area contributed by atoms with Crippen LogP contribution < -0.4 is 9.64 Å². The summed E-state index contributed by atoms with van der Waals surface area (Å²) in [5, 5.41) is 14.6. The van der Waals surface area contributed by atoms with Crippen LogP contribution in [0.5, 0.6) is 5.75 Å². The van der Waals surface area contributed by atoms with E-state index in [0.717, 1.165) is 53.9 Å². The van der Waals surface area contributed by atoms with Crippen LogP contribution in [0.2, 0.25) is 0 Å². The summed E-state index contributed by atoms with van der Waals surface area (Å²) in [6.07, 6.45) is 2.15. The lowest BCUT2D eigenvalue weighted by Gasteiger charge is -2.38. The smallest absolute Gasteiger partial charge is 0.478 e. The fraction of sp³-hybridized carbons (Fsp3) is 0.387. The zero-order chi connectivity index (χ0) is 29.9. The number of carbonyl (C=O) groups is 1. The van der Waals surface area contributed by atoms with E-state index in [9.17, 15) is 23.1 Å². The van der Waals surface area contributed by atoms with Crippen LogP contribution in [0.25, 0.3) is 27.6 Å². The average Bonchev–Trinajstić information content (AvgIpc) is 3.48. The molecule has 12 heteroatoms. The highest BCUT2D eigenvalue weighted by Crippen LogP contribution is 2.47. The number of aromatic nitrogens is 2. The zero-order valence-corrected chi connectivity index (χ0v) is 23.8. The summed E-state index contributed by atoms with van der Waals surface area (Å²) in [7, 11) is 0. The summed E-state index contributed by atoms with van der Waals surface area (Å²) in [6.45, 7) is 4.01. The highest BCUT2D eigenvalue weighted by atomic mass is 32.1. The molecule has 0 radical (unpaired) electrons. The van der Waals surface area contributed by atoms with Gasteiger partial charge >= 0.3 is 12.3 Å². The third kappa shape index (κ3) is 5.38. The molecule has 8 nitrogen and oxygen atoms in total. The number of anilines is 1. The van der Waals surface area contributed by atoms with Crippen molar-refractivity contribution >= 4 is 38.7 Å². The van der Waals surface area contributed by atoms with Crippen molar-refractivity contribution in [2.75, 3.05) is 4.90 Å². The molecule has 2 aromatic heterocycles. The predicted molar refractivity (Wildman–Crippen MR) is 154 cm³/mol. The fourth-order valence-electron chi connectivity index (χ4n) is 6.43. The van der Waals surface area contributed by atoms with Gasteiger partial charge in [0.25, 0.3) is 0 Å². The molecule has 7 rings (SSSR count). The van der Waals surface area contributed by atoms with Crippen LogP contribution in [0.15, 0.2) is 47.5 Å². The lowest BCUT2D eigenvalue weighted by Crippen LogP contribution is -2.45. The molecule has 224 valence electrons. The Kier molecular flexibility index (Phi) is 6.93. The number of carboxylic acids is 1. The van der Waals surface area contributed by atoms with Gasteiger partial charge in [-0.15, -0.1) is 13.2 Å². The van der Waals surface area contributed by atoms with Gasteiger partial charge in [0.05, 0.1) is 28.5 Å². The first-order valence-corrected chi connectivity index (χ1v) is 15.0. The number of piperidine rings is 1. The number of fused-ring (bicyclic) bond motifs is 3. The third-order valence-corrected chi connectivity index (χ3v) is 9.50. The van der Waals surface area contributed by atoms with Gasteiger partial charge in [-0.3, -0.25) is 0 Å². The Hall–Kier alpha value is -3.90. The Balaban J connectivity index is 1.11. The number of nitrogens with zero attached hydrogens (tertiary/aromatic N) is 3. The molecule has 4 aromatic rings. The van der Waals surface area contributed by atoms with Crippen LogP contribution in [-0.4, -0.2) is 45.8 Å². The molecule has 3 aliphatic rings. The molecule has 2 aliphatic heterocycles. The van der Waals surface area contributed by atoms with Gasteiger partial charge in [0.15, 0.2) is 5.13 Å². The Morgan fingerprint density at radius 1 is 1.16 bits per heavy atom. The monoisotopic (exact) mass is 611 g/mol. The average molecular weight is 612 g/mol. The summed E-state index contributed by atoms with van der Waals surface area (Å²) in [6, 6.07) is 9.63. The van der Waals surface area contributed by atoms with Crippen molar-refractivity contribution in [3.8, 4) is 17.0 Å². The van der Waals surface area contributed by atoms with E-state index in [0.29, 0.717) is 22.6 Å². The van der Waals surface area contributed by atoms with E-state index < -0.39 is 12.3 Å². The highest BCUT2D eigenvalue weighted by molar-refractivity contribution is 7.22. The molecule has 2 aromatic carbocycles. The number of benzene rings is 2. The number of aromatic carboxylic acids is 1. The Morgan fingerprint density at radius 2 is 1.91 bits per heavy atom. The van der Waals surface area contributed by atoms with Crippen LogP contribution in [-0.2, 0) is 11.3 Å². The van der Waals surface area contributed by atoms with Crippen molar-refractivity contribution in [1.82, 2.24) is 10.1 Å². The maximum atomic E-state index is 13.1. The Bertz CT molecular complexity index is 1700. The zero-order valence-electron chi connectivity index (χ0n) is 23.0. The van der Waals surface area contributed by atoms with E-state index >= 15 is 0 Å². The molecule has 3 fully saturated rings. The van der Waals surface area contributed by atoms with Gasteiger partial charge in [-0.1, -0.05) is 41.3 Å². The van der Waals surface area contributed by atoms with Crippen molar-refractivity contribution < 1.29 is 37.1 Å². The van der Waals surface area contributed by atoms with Crippen molar-refractivity contribution in [3.05, 3.63) is 65.4 Å². The maximum absolute atomic E-state index is 13.1. The van der Waals surface area contributed by atoms with Crippen LogP contribution in [0, 0.1) is 0 Å². The SMILES string of the molecule is C=Cc1cc(C(=O)O)cc2sc(N3C4CCC3CC(OCc3c(-c5ccccc5OC(F)(F)F)noc3C3CC3)C4)nc12. The largest absolute Gasteiger partial charge is 0.573 e. The van der Waals surface area contributed by atoms with Gasteiger partial charge in [-0.2, -0.15) is 0 Å². The van der Waals surface area contributed by atoms with Crippen LogP contribution >= 0.6 is 11.3 Å². The molecule has 1 N–H and O–H groups in total. The normalized spacial score (nSPS) is 21.8. The molecule has 2 atom stereocenters. The van der Waals surface area contributed by atoms with Crippen molar-refractivity contribution in [2.45, 2.75) is 75.6 Å². The minimum Gasteiger partial charge on any atom is -0.478 e. The molecule has 1 saturated carbocycles. The van der Waals surface area contributed by atoms with Crippen LogP contribution in [0.4, 0.5) is 18.3 Å². The summed E-state index contributed by atoms with van der Waals surface area (Å²) in [4.78, 5) is 18.9. The third-order valence-electron chi connectivity index (χ3n) is 8.49. The van der Waals surface area contributed by atoms with E-state index in [1.807, 2.05) is 0 Å². The van der Waals surface area contributed by atoms with Crippen molar-refractivity contribution in [3.63, 3.8) is 0 Å². The number of alkyl halides is 3. The lowest BCUT2D eigenvalue weighted by atomic mass is 10.00. The number of ether oxygens (including phenoxy) is 2. The minimum atomic E-state index is -4.84. The van der Waals surface area contributed by atoms with E-state index in [1.54, 1.807) is 30.3 Å². The quantitative estimate of drug-likeness (QED) is 0.205. The Morgan fingerprint density at radius 3 is 2.58 bits per heavy atom. The number of thiazole rings is 1. The molecule has 0 amide bonds. The van der Waals surface area contributed by atoms with E-state index in [-0.39, 0.29) is 47.6 Å². The second-order valence-electron chi connectivity index (χ2n) is 11.3. The van der Waals surface area contributed by atoms with Crippen molar-refractivity contribution in [2.24, 2.45) is 0 Å². The highest BCUT2D eigenvalue weighted by Gasteiger charge is 2.43. The van der Waals surface area contributed by atoms with Gasteiger partial charge in [0, 0.05) is 34.7 Å². The number of halogens is 3. The van der Waals surface area contributed by atoms with E-state index in [4.69, 9.17) is 14.2 Å². The molecule has 2 saturated heterocycles.